The molecule has 0 saturated carbocycles. The van der Waals surface area contributed by atoms with Crippen molar-refractivity contribution in [1.29, 1.82) is 0 Å². The molecule has 0 bridgehead atoms. The van der Waals surface area contributed by atoms with Crippen molar-refractivity contribution < 1.29 is 24.5 Å². The van der Waals surface area contributed by atoms with Crippen molar-refractivity contribution in [1.82, 2.24) is 14.1 Å². The average Bonchev–Trinajstić information content (AvgIpc) is 3.45. The maximum absolute atomic E-state index is 11.4. The van der Waals surface area contributed by atoms with Gasteiger partial charge in [0.05, 0.1) is 18.3 Å². The van der Waals surface area contributed by atoms with Crippen LogP contribution in [0, 0.1) is 6.92 Å². The second kappa shape index (κ2) is 12.7. The van der Waals surface area contributed by atoms with Gasteiger partial charge in [-0.15, -0.1) is 0 Å². The van der Waals surface area contributed by atoms with Gasteiger partial charge < -0.3 is 19.7 Å². The van der Waals surface area contributed by atoms with Crippen molar-refractivity contribution in [2.24, 2.45) is 0 Å². The molecule has 1 heterocycles. The van der Waals surface area contributed by atoms with Gasteiger partial charge in [-0.3, -0.25) is 10.1 Å². The van der Waals surface area contributed by atoms with Crippen LogP contribution in [-0.2, 0) is 24.6 Å². The van der Waals surface area contributed by atoms with Crippen molar-refractivity contribution in [3.05, 3.63) is 107 Å². The lowest BCUT2D eigenvalue weighted by atomic mass is 9.97. The van der Waals surface area contributed by atoms with E-state index in [0.717, 1.165) is 56.1 Å². The minimum absolute atomic E-state index is 0.195. The van der Waals surface area contributed by atoms with Gasteiger partial charge in [0.15, 0.2) is 0 Å². The minimum atomic E-state index is -1.12. The third kappa shape index (κ3) is 6.45. The number of nitrogens with one attached hydrogen (secondary N) is 1. The number of nitrogens with zero attached hydrogens (tertiary/aromatic N) is 2. The molecule has 9 heteroatoms. The highest BCUT2D eigenvalue weighted by atomic mass is 32.1. The molecule has 0 spiro atoms. The predicted molar refractivity (Wildman–Crippen MR) is 154 cm³/mol. The van der Waals surface area contributed by atoms with Crippen LogP contribution in [0.5, 0.6) is 11.5 Å². The number of hydrogen-bond acceptors (Lipinski definition) is 8. The van der Waals surface area contributed by atoms with Crippen molar-refractivity contribution in [3.63, 3.8) is 0 Å². The number of aromatic nitrogens is 2. The number of aliphatic carboxylic acids is 1. The van der Waals surface area contributed by atoms with Crippen LogP contribution < -0.4 is 14.8 Å². The minimum Gasteiger partial charge on any atom is -0.489 e. The Kier molecular flexibility index (Phi) is 8.65. The molecule has 40 heavy (non-hydrogen) atoms. The first-order valence-corrected chi connectivity index (χ1v) is 13.6. The Morgan fingerprint density at radius 3 is 2.52 bits per heavy atom. The van der Waals surface area contributed by atoms with Crippen LogP contribution in [0.3, 0.4) is 0 Å². The predicted octanol–water partition coefficient (Wildman–Crippen LogP) is 5.36. The number of ether oxygens (including phenoxy) is 2. The quantitative estimate of drug-likeness (QED) is 0.189. The largest absolute Gasteiger partial charge is 0.489 e. The zero-order chi connectivity index (χ0) is 27.9. The van der Waals surface area contributed by atoms with Crippen LogP contribution >= 0.6 is 11.7 Å². The van der Waals surface area contributed by atoms with Gasteiger partial charge in [-0.25, -0.2) is 0 Å². The van der Waals surface area contributed by atoms with Crippen molar-refractivity contribution >= 4 is 28.7 Å². The molecule has 0 fully saturated rings. The van der Waals surface area contributed by atoms with E-state index < -0.39 is 18.6 Å². The maximum Gasteiger partial charge on any atom is 0.323 e. The Bertz CT molecular complexity index is 1610. The number of fused-ring (bicyclic) bond motifs is 1. The summed E-state index contributed by atoms with van der Waals surface area (Å²) in [7, 11) is 0. The van der Waals surface area contributed by atoms with E-state index in [2.05, 4.69) is 45.3 Å². The fraction of sp³-hybridized carbons (Fsp3) is 0.194. The fourth-order valence-electron chi connectivity index (χ4n) is 4.38. The van der Waals surface area contributed by atoms with Gasteiger partial charge in [-0.1, -0.05) is 60.7 Å². The highest BCUT2D eigenvalue weighted by Crippen LogP contribution is 2.29. The molecule has 0 radical (unpaired) electrons. The highest BCUT2D eigenvalue weighted by Gasteiger charge is 2.17. The molecule has 8 nitrogen and oxygen atoms in total. The molecule has 1 aromatic heterocycles. The van der Waals surface area contributed by atoms with Crippen LogP contribution in [0.1, 0.15) is 22.3 Å². The molecule has 4 aromatic carbocycles. The first kappa shape index (κ1) is 27.3. The number of aliphatic hydroxyl groups excluding tert-OH is 1. The third-order valence-corrected chi connectivity index (χ3v) is 7.25. The summed E-state index contributed by atoms with van der Waals surface area (Å²) in [5.74, 6) is 0.0564. The van der Waals surface area contributed by atoms with Gasteiger partial charge in [0, 0.05) is 18.2 Å². The molecule has 0 aliphatic rings. The van der Waals surface area contributed by atoms with E-state index in [4.69, 9.17) is 9.47 Å². The first-order chi connectivity index (χ1) is 19.5. The molecule has 0 saturated heterocycles. The lowest BCUT2D eigenvalue weighted by molar-refractivity contribution is -0.140. The number of carboxylic acid groups (broad SMARTS) is 1. The second-order valence-electron chi connectivity index (χ2n) is 9.34. The Hall–Kier alpha value is -4.31. The maximum atomic E-state index is 11.4. The third-order valence-electron chi connectivity index (χ3n) is 6.70. The van der Waals surface area contributed by atoms with Gasteiger partial charge in [-0.2, -0.15) is 8.75 Å². The van der Waals surface area contributed by atoms with Crippen LogP contribution in [0.2, 0.25) is 0 Å². The molecular weight excluding hydrogens is 526 g/mol. The summed E-state index contributed by atoms with van der Waals surface area (Å²) in [6, 6.07) is 26.6. The lowest BCUT2D eigenvalue weighted by Gasteiger charge is -2.17. The lowest BCUT2D eigenvalue weighted by Crippen LogP contribution is -2.39. The molecule has 204 valence electrons. The van der Waals surface area contributed by atoms with E-state index in [1.807, 2.05) is 60.7 Å². The van der Waals surface area contributed by atoms with E-state index in [1.165, 1.54) is 0 Å². The second-order valence-corrected chi connectivity index (χ2v) is 9.87. The molecule has 5 aromatic rings. The molecule has 1 atom stereocenters. The Balaban J connectivity index is 1.34. The summed E-state index contributed by atoms with van der Waals surface area (Å²) in [4.78, 5) is 11.4. The Labute approximate surface area is 236 Å². The standard InChI is InChI=1S/C31H29N3O5S/c1-20-24(8-5-9-26(20)22-6-3-2-4-7-22)19-38-25-12-11-23(16-32-29(17-35)31(36)37)30(15-25)39-18-21-10-13-27-28(14-21)34-40-33-27/h2-15,29,32,35H,16-19H2,1H3,(H,36,37)/t29-/m1/s1. The van der Waals surface area contributed by atoms with Crippen LogP contribution in [0.15, 0.2) is 84.9 Å². The smallest absolute Gasteiger partial charge is 0.323 e. The SMILES string of the molecule is Cc1c(COc2ccc(CN[C@H](CO)C(=O)O)c(OCc3ccc4nsnc4c3)c2)cccc1-c1ccccc1. The number of rotatable bonds is 12. The van der Waals surface area contributed by atoms with Gasteiger partial charge in [0.1, 0.15) is 41.8 Å². The first-order valence-electron chi connectivity index (χ1n) is 12.8. The summed E-state index contributed by atoms with van der Waals surface area (Å²) >= 11 is 1.16. The molecular formula is C31H29N3O5S. The Morgan fingerprint density at radius 1 is 0.900 bits per heavy atom. The fourth-order valence-corrected chi connectivity index (χ4v) is 4.90. The van der Waals surface area contributed by atoms with Gasteiger partial charge in [0.25, 0.3) is 0 Å². The number of aliphatic hydroxyl groups is 1. The molecule has 3 N–H and O–H groups in total. The van der Waals surface area contributed by atoms with Gasteiger partial charge in [0.2, 0.25) is 0 Å². The number of carbonyl (C=O) groups is 1. The molecule has 0 unspecified atom stereocenters. The molecule has 0 amide bonds. The number of benzene rings is 4. The molecule has 0 aliphatic heterocycles. The van der Waals surface area contributed by atoms with E-state index in [9.17, 15) is 15.0 Å². The zero-order valence-corrected chi connectivity index (χ0v) is 22.7. The van der Waals surface area contributed by atoms with Crippen LogP contribution in [0.25, 0.3) is 22.2 Å². The number of hydrogen-bond donors (Lipinski definition) is 3. The topological polar surface area (TPSA) is 114 Å². The normalized spacial score (nSPS) is 11.8. The van der Waals surface area contributed by atoms with E-state index in [0.29, 0.717) is 18.1 Å². The summed E-state index contributed by atoms with van der Waals surface area (Å²) in [5, 5.41) is 21.6. The average molecular weight is 556 g/mol. The summed E-state index contributed by atoms with van der Waals surface area (Å²) in [5.41, 5.74) is 7.87. The molecule has 0 aliphatic carbocycles. The van der Waals surface area contributed by atoms with Crippen LogP contribution in [-0.4, -0.2) is 37.6 Å². The number of carboxylic acids is 1. The monoisotopic (exact) mass is 555 g/mol. The van der Waals surface area contributed by atoms with E-state index in [1.54, 1.807) is 0 Å². The highest BCUT2D eigenvalue weighted by molar-refractivity contribution is 7.00. The van der Waals surface area contributed by atoms with Crippen LogP contribution in [0.4, 0.5) is 0 Å². The van der Waals surface area contributed by atoms with E-state index in [-0.39, 0.29) is 13.2 Å². The van der Waals surface area contributed by atoms with Gasteiger partial charge in [-0.05, 0) is 52.9 Å². The zero-order valence-electron chi connectivity index (χ0n) is 21.9. The summed E-state index contributed by atoms with van der Waals surface area (Å²) in [6.45, 7) is 2.43. The summed E-state index contributed by atoms with van der Waals surface area (Å²) in [6.07, 6.45) is 0. The van der Waals surface area contributed by atoms with Crippen molar-refractivity contribution in [2.75, 3.05) is 6.61 Å². The summed E-state index contributed by atoms with van der Waals surface area (Å²) < 4.78 is 20.9. The van der Waals surface area contributed by atoms with Crippen molar-refractivity contribution in [3.8, 4) is 22.6 Å². The van der Waals surface area contributed by atoms with Crippen molar-refractivity contribution in [2.45, 2.75) is 32.7 Å². The van der Waals surface area contributed by atoms with Gasteiger partial charge >= 0.3 is 5.97 Å². The van der Waals surface area contributed by atoms with E-state index >= 15 is 0 Å². The molecule has 5 rings (SSSR count). The Morgan fingerprint density at radius 2 is 1.73 bits per heavy atom.